The molecule has 1 aromatic heterocycles. The molecule has 1 saturated heterocycles. The number of likely N-dealkylation sites (tertiary alicyclic amines) is 1. The fourth-order valence-corrected chi connectivity index (χ4v) is 3.49. The van der Waals surface area contributed by atoms with Gasteiger partial charge in [-0.3, -0.25) is 4.79 Å². The second-order valence-corrected chi connectivity index (χ2v) is 7.37. The quantitative estimate of drug-likeness (QED) is 0.697. The summed E-state index contributed by atoms with van der Waals surface area (Å²) < 4.78 is 6.14. The second-order valence-electron chi connectivity index (χ2n) is 7.37. The van der Waals surface area contributed by atoms with Crippen molar-refractivity contribution in [2.45, 2.75) is 51.5 Å². The zero-order valence-electron chi connectivity index (χ0n) is 16.4. The van der Waals surface area contributed by atoms with E-state index < -0.39 is 5.97 Å². The number of carbonyl (C=O) groups is 2. The SMILES string of the molecule is CC(C)c1oc(C2CCCN2C(=O)NCCCC(=O)O)nc1-c1ccccc1. The number of urea groups is 1. The molecule has 3 rings (SSSR count). The average Bonchev–Trinajstić information content (AvgIpc) is 3.32. The number of rotatable bonds is 7. The first kappa shape index (κ1) is 19.9. The maximum absolute atomic E-state index is 12.6. The molecular weight excluding hydrogens is 358 g/mol. The summed E-state index contributed by atoms with van der Waals surface area (Å²) in [7, 11) is 0. The summed E-state index contributed by atoms with van der Waals surface area (Å²) >= 11 is 0. The monoisotopic (exact) mass is 385 g/mol. The highest BCUT2D eigenvalue weighted by Crippen LogP contribution is 2.37. The summed E-state index contributed by atoms with van der Waals surface area (Å²) in [6.45, 7) is 5.11. The van der Waals surface area contributed by atoms with Crippen molar-refractivity contribution in [3.05, 3.63) is 42.0 Å². The largest absolute Gasteiger partial charge is 0.481 e. The summed E-state index contributed by atoms with van der Waals surface area (Å²) in [5.41, 5.74) is 1.84. The number of benzene rings is 1. The van der Waals surface area contributed by atoms with E-state index in [0.29, 0.717) is 25.4 Å². The Bertz CT molecular complexity index is 816. The smallest absolute Gasteiger partial charge is 0.318 e. The van der Waals surface area contributed by atoms with Gasteiger partial charge in [-0.25, -0.2) is 9.78 Å². The molecule has 2 N–H and O–H groups in total. The maximum atomic E-state index is 12.6. The third kappa shape index (κ3) is 4.52. The zero-order chi connectivity index (χ0) is 20.1. The van der Waals surface area contributed by atoms with Gasteiger partial charge in [0, 0.05) is 31.0 Å². The van der Waals surface area contributed by atoms with Crippen molar-refractivity contribution in [2.75, 3.05) is 13.1 Å². The number of aromatic nitrogens is 1. The minimum atomic E-state index is -0.859. The van der Waals surface area contributed by atoms with Crippen molar-refractivity contribution >= 4 is 12.0 Å². The molecule has 0 spiro atoms. The van der Waals surface area contributed by atoms with Crippen LogP contribution < -0.4 is 5.32 Å². The summed E-state index contributed by atoms with van der Waals surface area (Å²) in [5.74, 6) is 0.717. The van der Waals surface area contributed by atoms with E-state index in [-0.39, 0.29) is 24.4 Å². The highest BCUT2D eigenvalue weighted by molar-refractivity contribution is 5.75. The highest BCUT2D eigenvalue weighted by atomic mass is 16.4. The molecule has 7 nitrogen and oxygen atoms in total. The summed E-state index contributed by atoms with van der Waals surface area (Å²) in [6, 6.07) is 9.53. The van der Waals surface area contributed by atoms with Crippen LogP contribution in [0.15, 0.2) is 34.7 Å². The van der Waals surface area contributed by atoms with Crippen molar-refractivity contribution in [3.63, 3.8) is 0 Å². The van der Waals surface area contributed by atoms with E-state index in [1.54, 1.807) is 4.90 Å². The molecule has 2 amide bonds. The molecule has 1 aromatic carbocycles. The van der Waals surface area contributed by atoms with Crippen LogP contribution in [0, 0.1) is 0 Å². The molecule has 0 aliphatic carbocycles. The number of nitrogens with zero attached hydrogens (tertiary/aromatic N) is 2. The Morgan fingerprint density at radius 2 is 2.07 bits per heavy atom. The summed E-state index contributed by atoms with van der Waals surface area (Å²) in [6.07, 6.45) is 2.14. The highest BCUT2D eigenvalue weighted by Gasteiger charge is 2.34. The first-order valence-corrected chi connectivity index (χ1v) is 9.79. The van der Waals surface area contributed by atoms with Crippen molar-refractivity contribution in [3.8, 4) is 11.3 Å². The van der Waals surface area contributed by atoms with Gasteiger partial charge in [-0.15, -0.1) is 0 Å². The molecule has 7 heteroatoms. The molecular formula is C21H27N3O4. The lowest BCUT2D eigenvalue weighted by Crippen LogP contribution is -2.40. The number of hydrogen-bond acceptors (Lipinski definition) is 4. The topological polar surface area (TPSA) is 95.7 Å². The lowest BCUT2D eigenvalue weighted by atomic mass is 10.0. The van der Waals surface area contributed by atoms with Crippen LogP contribution in [0.4, 0.5) is 4.79 Å². The van der Waals surface area contributed by atoms with Crippen LogP contribution in [0.1, 0.15) is 63.1 Å². The Balaban J connectivity index is 1.76. The molecule has 0 saturated carbocycles. The predicted molar refractivity (Wildman–Crippen MR) is 105 cm³/mol. The summed E-state index contributed by atoms with van der Waals surface area (Å²) in [4.78, 5) is 29.7. The van der Waals surface area contributed by atoms with Crippen LogP contribution in [-0.2, 0) is 4.79 Å². The van der Waals surface area contributed by atoms with E-state index in [0.717, 1.165) is 29.9 Å². The van der Waals surface area contributed by atoms with E-state index in [4.69, 9.17) is 14.5 Å². The van der Waals surface area contributed by atoms with Crippen molar-refractivity contribution in [2.24, 2.45) is 0 Å². The van der Waals surface area contributed by atoms with Gasteiger partial charge in [0.2, 0.25) is 5.89 Å². The average molecular weight is 385 g/mol. The normalized spacial score (nSPS) is 16.5. The van der Waals surface area contributed by atoms with Gasteiger partial charge in [-0.1, -0.05) is 44.2 Å². The van der Waals surface area contributed by atoms with Crippen molar-refractivity contribution < 1.29 is 19.1 Å². The predicted octanol–water partition coefficient (Wildman–Crippen LogP) is 4.18. The van der Waals surface area contributed by atoms with Gasteiger partial charge in [0.25, 0.3) is 0 Å². The molecule has 2 aromatic rings. The second kappa shape index (κ2) is 8.91. The van der Waals surface area contributed by atoms with Crippen LogP contribution in [0.3, 0.4) is 0 Å². The molecule has 1 fully saturated rings. The minimum absolute atomic E-state index is 0.0433. The molecule has 0 radical (unpaired) electrons. The van der Waals surface area contributed by atoms with Crippen LogP contribution in [-0.4, -0.2) is 40.1 Å². The first-order chi connectivity index (χ1) is 13.5. The zero-order valence-corrected chi connectivity index (χ0v) is 16.4. The third-order valence-corrected chi connectivity index (χ3v) is 4.88. The fraction of sp³-hybridized carbons (Fsp3) is 0.476. The number of aliphatic carboxylic acids is 1. The molecule has 2 heterocycles. The Morgan fingerprint density at radius 3 is 2.75 bits per heavy atom. The lowest BCUT2D eigenvalue weighted by molar-refractivity contribution is -0.137. The van der Waals surface area contributed by atoms with Crippen LogP contribution in [0.25, 0.3) is 11.3 Å². The number of hydrogen-bond donors (Lipinski definition) is 2. The van der Waals surface area contributed by atoms with Gasteiger partial charge in [-0.05, 0) is 19.3 Å². The van der Waals surface area contributed by atoms with E-state index >= 15 is 0 Å². The number of carbonyl (C=O) groups excluding carboxylic acids is 1. The molecule has 1 aliphatic rings. The van der Waals surface area contributed by atoms with E-state index in [9.17, 15) is 9.59 Å². The maximum Gasteiger partial charge on any atom is 0.318 e. The Labute approximate surface area is 164 Å². The van der Waals surface area contributed by atoms with Crippen LogP contribution >= 0.6 is 0 Å². The van der Waals surface area contributed by atoms with Gasteiger partial charge in [0.05, 0.1) is 0 Å². The van der Waals surface area contributed by atoms with Gasteiger partial charge < -0.3 is 19.7 Å². The Hall–Kier alpha value is -2.83. The van der Waals surface area contributed by atoms with E-state index in [1.165, 1.54) is 0 Å². The van der Waals surface area contributed by atoms with Gasteiger partial charge in [-0.2, -0.15) is 0 Å². The lowest BCUT2D eigenvalue weighted by Gasteiger charge is -2.22. The van der Waals surface area contributed by atoms with Gasteiger partial charge >= 0.3 is 12.0 Å². The Morgan fingerprint density at radius 1 is 1.32 bits per heavy atom. The fourth-order valence-electron chi connectivity index (χ4n) is 3.49. The van der Waals surface area contributed by atoms with E-state index in [1.807, 2.05) is 30.3 Å². The number of oxazole rings is 1. The van der Waals surface area contributed by atoms with Crippen molar-refractivity contribution in [1.29, 1.82) is 0 Å². The number of carboxylic acid groups (broad SMARTS) is 1. The molecule has 0 bridgehead atoms. The molecule has 1 unspecified atom stereocenters. The Kier molecular flexibility index (Phi) is 6.34. The van der Waals surface area contributed by atoms with E-state index in [2.05, 4.69) is 19.2 Å². The standard InChI is InChI=1S/C21H27N3O4/c1-14(2)19-18(15-8-4-3-5-9-15)23-20(28-19)16-10-7-13-24(16)21(27)22-12-6-11-17(25)26/h3-5,8-9,14,16H,6-7,10-13H2,1-2H3,(H,22,27)(H,25,26). The number of amides is 2. The minimum Gasteiger partial charge on any atom is -0.481 e. The summed E-state index contributed by atoms with van der Waals surface area (Å²) in [5, 5.41) is 11.5. The van der Waals surface area contributed by atoms with Crippen LogP contribution in [0.2, 0.25) is 0 Å². The number of nitrogens with one attached hydrogen (secondary N) is 1. The molecule has 1 aliphatic heterocycles. The molecule has 1 atom stereocenters. The third-order valence-electron chi connectivity index (χ3n) is 4.88. The first-order valence-electron chi connectivity index (χ1n) is 9.79. The number of carboxylic acids is 1. The van der Waals surface area contributed by atoms with Gasteiger partial charge in [0.1, 0.15) is 17.5 Å². The van der Waals surface area contributed by atoms with Gasteiger partial charge in [0.15, 0.2) is 0 Å². The van der Waals surface area contributed by atoms with Crippen molar-refractivity contribution in [1.82, 2.24) is 15.2 Å². The molecule has 28 heavy (non-hydrogen) atoms. The molecule has 150 valence electrons. The van der Waals surface area contributed by atoms with Crippen LogP contribution in [0.5, 0.6) is 0 Å².